The fourth-order valence-corrected chi connectivity index (χ4v) is 1.15. The molecule has 1 fully saturated rings. The molecule has 1 heterocycles. The van der Waals surface area contributed by atoms with Gasteiger partial charge in [0.15, 0.2) is 5.78 Å². The van der Waals surface area contributed by atoms with E-state index in [0.717, 1.165) is 0 Å². The molecule has 0 aliphatic carbocycles. The molecule has 0 bridgehead atoms. The van der Waals surface area contributed by atoms with E-state index in [2.05, 4.69) is 0 Å². The lowest BCUT2D eigenvalue weighted by molar-refractivity contribution is -0.117. The molecule has 68 valence electrons. The van der Waals surface area contributed by atoms with E-state index >= 15 is 0 Å². The Bertz CT molecular complexity index is 219. The highest BCUT2D eigenvalue weighted by molar-refractivity contribution is 5.87. The Hall–Kier alpha value is -1.20. The maximum atomic E-state index is 12.1. The summed E-state index contributed by atoms with van der Waals surface area (Å²) < 4.78 is 24.1. The predicted molar refractivity (Wildman–Crippen MR) is 34.1 cm³/mol. The Morgan fingerprint density at radius 2 is 2.25 bits per heavy atom. The van der Waals surface area contributed by atoms with E-state index in [1.165, 1.54) is 0 Å². The number of hydrogen-bond acceptors (Lipinski definition) is 2. The Morgan fingerprint density at radius 1 is 1.67 bits per heavy atom. The van der Waals surface area contributed by atoms with Gasteiger partial charge < -0.3 is 5.11 Å². The Kier molecular flexibility index (Phi) is 2.25. The Morgan fingerprint density at radius 3 is 2.58 bits per heavy atom. The summed E-state index contributed by atoms with van der Waals surface area (Å²) in [7, 11) is 0. The Labute approximate surface area is 66.8 Å². The smallest absolute Gasteiger partial charge is 0.408 e. The lowest BCUT2D eigenvalue weighted by Gasteiger charge is -2.18. The van der Waals surface area contributed by atoms with Crippen molar-refractivity contribution in [3.63, 3.8) is 0 Å². The van der Waals surface area contributed by atoms with Crippen LogP contribution >= 0.6 is 0 Å². The highest BCUT2D eigenvalue weighted by atomic mass is 19.3. The van der Waals surface area contributed by atoms with Crippen LogP contribution in [0.25, 0.3) is 0 Å². The zero-order chi connectivity index (χ0) is 9.30. The maximum Gasteiger partial charge on any atom is 0.408 e. The minimum Gasteiger partial charge on any atom is -0.465 e. The average Bonchev–Trinajstić information content (AvgIpc) is 2.31. The van der Waals surface area contributed by atoms with E-state index in [-0.39, 0.29) is 6.42 Å². The molecule has 0 unspecified atom stereocenters. The number of rotatable bonds is 1. The number of carboxylic acid groups (broad SMARTS) is 1. The number of hydrogen-bond donors (Lipinski definition) is 1. The van der Waals surface area contributed by atoms with Crippen molar-refractivity contribution in [3.8, 4) is 0 Å². The molecule has 0 aromatic carbocycles. The van der Waals surface area contributed by atoms with Gasteiger partial charge in [-0.2, -0.15) is 0 Å². The van der Waals surface area contributed by atoms with Crippen molar-refractivity contribution < 1.29 is 23.5 Å². The van der Waals surface area contributed by atoms with Crippen molar-refractivity contribution >= 4 is 11.9 Å². The number of likely N-dealkylation sites (tertiary alicyclic amines) is 1. The van der Waals surface area contributed by atoms with Gasteiger partial charge in [-0.15, -0.1) is 0 Å². The van der Waals surface area contributed by atoms with Crippen LogP contribution in [0.15, 0.2) is 0 Å². The molecule has 0 saturated carbocycles. The van der Waals surface area contributed by atoms with Crippen LogP contribution < -0.4 is 0 Å². The molecule has 1 aliphatic rings. The maximum absolute atomic E-state index is 12.1. The summed E-state index contributed by atoms with van der Waals surface area (Å²) in [4.78, 5) is 21.4. The molecule has 1 N–H and O–H groups in total. The zero-order valence-corrected chi connectivity index (χ0v) is 6.04. The molecule has 12 heavy (non-hydrogen) atoms. The quantitative estimate of drug-likeness (QED) is 0.640. The van der Waals surface area contributed by atoms with Crippen LogP contribution in [0.3, 0.4) is 0 Å². The van der Waals surface area contributed by atoms with Gasteiger partial charge in [-0.3, -0.25) is 9.69 Å². The summed E-state index contributed by atoms with van der Waals surface area (Å²) >= 11 is 0. The molecule has 1 rings (SSSR count). The third kappa shape index (κ3) is 1.51. The SMILES string of the molecule is O=C1C[C@@H](C(F)F)N(C(=O)O)C1. The number of halogens is 2. The van der Waals surface area contributed by atoms with Crippen molar-refractivity contribution in [3.05, 3.63) is 0 Å². The molecule has 1 aliphatic heterocycles. The number of alkyl halides is 2. The average molecular weight is 179 g/mol. The lowest BCUT2D eigenvalue weighted by atomic mass is 10.2. The zero-order valence-electron chi connectivity index (χ0n) is 6.04. The van der Waals surface area contributed by atoms with Gasteiger partial charge in [0.2, 0.25) is 0 Å². The molecule has 6 heteroatoms. The van der Waals surface area contributed by atoms with Crippen molar-refractivity contribution in [2.24, 2.45) is 0 Å². The number of carbonyl (C=O) groups excluding carboxylic acids is 1. The molecule has 1 amide bonds. The van der Waals surface area contributed by atoms with Gasteiger partial charge in [-0.1, -0.05) is 0 Å². The first-order valence-electron chi connectivity index (χ1n) is 3.32. The summed E-state index contributed by atoms with van der Waals surface area (Å²) in [6.07, 6.45) is -4.62. The summed E-state index contributed by atoms with van der Waals surface area (Å²) in [5.41, 5.74) is 0. The monoisotopic (exact) mass is 179 g/mol. The molecule has 1 saturated heterocycles. The van der Waals surface area contributed by atoms with Gasteiger partial charge in [-0.25, -0.2) is 13.6 Å². The molecule has 0 aromatic rings. The number of carbonyl (C=O) groups is 2. The van der Waals surface area contributed by atoms with Crippen LogP contribution in [-0.2, 0) is 4.79 Å². The minimum atomic E-state index is -2.78. The van der Waals surface area contributed by atoms with E-state index in [0.29, 0.717) is 4.90 Å². The number of ketones is 1. The van der Waals surface area contributed by atoms with Crippen LogP contribution in [0, 0.1) is 0 Å². The number of amides is 1. The van der Waals surface area contributed by atoms with E-state index in [9.17, 15) is 18.4 Å². The van der Waals surface area contributed by atoms with Gasteiger partial charge in [-0.05, 0) is 0 Å². The molecule has 0 radical (unpaired) electrons. The van der Waals surface area contributed by atoms with Gasteiger partial charge in [0.25, 0.3) is 6.43 Å². The van der Waals surface area contributed by atoms with Crippen LogP contribution in [0.4, 0.5) is 13.6 Å². The summed E-state index contributed by atoms with van der Waals surface area (Å²) in [6.45, 7) is -0.412. The van der Waals surface area contributed by atoms with Gasteiger partial charge in [0, 0.05) is 6.42 Å². The highest BCUT2D eigenvalue weighted by Gasteiger charge is 2.39. The third-order valence-electron chi connectivity index (χ3n) is 1.72. The summed E-state index contributed by atoms with van der Waals surface area (Å²) in [5.74, 6) is -0.456. The van der Waals surface area contributed by atoms with Crippen molar-refractivity contribution in [2.75, 3.05) is 6.54 Å². The predicted octanol–water partition coefficient (Wildman–Crippen LogP) is 0.573. The lowest BCUT2D eigenvalue weighted by Crippen LogP contribution is -2.38. The van der Waals surface area contributed by atoms with E-state index in [1.54, 1.807) is 0 Å². The van der Waals surface area contributed by atoms with Crippen LogP contribution in [0.2, 0.25) is 0 Å². The number of nitrogens with zero attached hydrogens (tertiary/aromatic N) is 1. The largest absolute Gasteiger partial charge is 0.465 e. The third-order valence-corrected chi connectivity index (χ3v) is 1.72. The number of Topliss-reactive ketones (excluding diaryl/α,β-unsaturated/α-hetero) is 1. The minimum absolute atomic E-state index is 0.371. The molecular formula is C6H7F2NO3. The fourth-order valence-electron chi connectivity index (χ4n) is 1.15. The summed E-state index contributed by atoms with van der Waals surface area (Å²) in [5, 5.41) is 8.39. The van der Waals surface area contributed by atoms with Crippen LogP contribution in [-0.4, -0.2) is 40.9 Å². The van der Waals surface area contributed by atoms with E-state index in [4.69, 9.17) is 5.11 Å². The van der Waals surface area contributed by atoms with Crippen molar-refractivity contribution in [1.82, 2.24) is 4.90 Å². The molecule has 1 atom stereocenters. The summed E-state index contributed by atoms with van der Waals surface area (Å²) in [6, 6.07) is -1.45. The van der Waals surface area contributed by atoms with Gasteiger partial charge >= 0.3 is 6.09 Å². The molecular weight excluding hydrogens is 172 g/mol. The standard InChI is InChI=1S/C6H7F2NO3/c7-5(8)4-1-3(10)2-9(4)6(11)12/h4-5H,1-2H2,(H,11,12)/t4-/m0/s1. The molecule has 4 nitrogen and oxygen atoms in total. The van der Waals surface area contributed by atoms with Crippen molar-refractivity contribution in [2.45, 2.75) is 18.9 Å². The molecule has 0 spiro atoms. The van der Waals surface area contributed by atoms with E-state index in [1.807, 2.05) is 0 Å². The second-order valence-corrected chi connectivity index (χ2v) is 2.56. The first-order valence-corrected chi connectivity index (χ1v) is 3.32. The first kappa shape index (κ1) is 8.89. The van der Waals surface area contributed by atoms with Crippen molar-refractivity contribution in [1.29, 1.82) is 0 Å². The second kappa shape index (κ2) is 3.04. The highest BCUT2D eigenvalue weighted by Crippen LogP contribution is 2.20. The second-order valence-electron chi connectivity index (χ2n) is 2.56. The van der Waals surface area contributed by atoms with Gasteiger partial charge in [0.1, 0.15) is 6.04 Å². The van der Waals surface area contributed by atoms with Crippen LogP contribution in [0.1, 0.15) is 6.42 Å². The van der Waals surface area contributed by atoms with E-state index < -0.39 is 30.9 Å². The Balaban J connectivity index is 2.72. The topological polar surface area (TPSA) is 57.6 Å². The fraction of sp³-hybridized carbons (Fsp3) is 0.667. The van der Waals surface area contributed by atoms with Gasteiger partial charge in [0.05, 0.1) is 6.54 Å². The van der Waals surface area contributed by atoms with Crippen LogP contribution in [0.5, 0.6) is 0 Å². The molecule has 0 aromatic heterocycles. The normalized spacial score (nSPS) is 23.8. The first-order chi connectivity index (χ1) is 5.52.